The van der Waals surface area contributed by atoms with E-state index in [0.717, 1.165) is 11.3 Å². The van der Waals surface area contributed by atoms with Gasteiger partial charge in [-0.25, -0.2) is 0 Å². The van der Waals surface area contributed by atoms with Gasteiger partial charge in [0.05, 0.1) is 6.42 Å². The van der Waals surface area contributed by atoms with E-state index < -0.39 is 5.97 Å². The van der Waals surface area contributed by atoms with Crippen molar-refractivity contribution in [3.05, 3.63) is 78.4 Å². The number of carboxylic acids is 1. The Labute approximate surface area is 140 Å². The summed E-state index contributed by atoms with van der Waals surface area (Å²) in [6, 6.07) is 24.6. The Balaban J connectivity index is 1.75. The summed E-state index contributed by atoms with van der Waals surface area (Å²) in [5, 5.41) is 11.6. The van der Waals surface area contributed by atoms with Crippen LogP contribution >= 0.6 is 11.8 Å². The summed E-state index contributed by atoms with van der Waals surface area (Å²) in [4.78, 5) is 12.3. The lowest BCUT2D eigenvalue weighted by Crippen LogP contribution is -2.08. The minimum atomic E-state index is -0.752. The highest BCUT2D eigenvalue weighted by Gasteiger charge is 2.16. The van der Waals surface area contributed by atoms with Gasteiger partial charge in [-0.2, -0.15) is 0 Å². The number of rotatable bonds is 6. The fourth-order valence-corrected chi connectivity index (χ4v) is 3.74. The van der Waals surface area contributed by atoms with Gasteiger partial charge in [-0.1, -0.05) is 60.7 Å². The van der Waals surface area contributed by atoms with Crippen LogP contribution in [0.1, 0.15) is 17.9 Å². The number of carboxylic acid groups (broad SMARTS) is 1. The lowest BCUT2D eigenvalue weighted by atomic mass is 9.98. The van der Waals surface area contributed by atoms with Gasteiger partial charge in [0.15, 0.2) is 0 Å². The molecule has 0 fully saturated rings. The molecule has 0 bridgehead atoms. The predicted molar refractivity (Wildman–Crippen MR) is 96.1 cm³/mol. The Hall–Kier alpha value is -2.26. The van der Waals surface area contributed by atoms with Gasteiger partial charge in [0.1, 0.15) is 0 Å². The number of benzene rings is 3. The Morgan fingerprint density at radius 3 is 2.35 bits per heavy atom. The van der Waals surface area contributed by atoms with E-state index in [-0.39, 0.29) is 12.3 Å². The second-order valence-corrected chi connectivity index (χ2v) is 6.62. The van der Waals surface area contributed by atoms with E-state index in [1.54, 1.807) is 11.8 Å². The van der Waals surface area contributed by atoms with Gasteiger partial charge >= 0.3 is 5.97 Å². The third kappa shape index (κ3) is 4.14. The Morgan fingerprint density at radius 2 is 1.61 bits per heavy atom. The first kappa shape index (κ1) is 15.6. The first-order valence-corrected chi connectivity index (χ1v) is 8.59. The molecule has 3 aromatic rings. The third-order valence-corrected chi connectivity index (χ3v) is 5.02. The molecule has 1 N–H and O–H groups in total. The molecular weight excluding hydrogens is 304 g/mol. The smallest absolute Gasteiger partial charge is 0.303 e. The van der Waals surface area contributed by atoms with Crippen LogP contribution in [-0.4, -0.2) is 16.8 Å². The molecule has 23 heavy (non-hydrogen) atoms. The molecule has 0 radical (unpaired) electrons. The van der Waals surface area contributed by atoms with Gasteiger partial charge < -0.3 is 5.11 Å². The number of hydrogen-bond donors (Lipinski definition) is 1. The van der Waals surface area contributed by atoms with Gasteiger partial charge in [0.2, 0.25) is 0 Å². The van der Waals surface area contributed by atoms with E-state index in [0.29, 0.717) is 0 Å². The quantitative estimate of drug-likeness (QED) is 0.635. The molecule has 116 valence electrons. The minimum Gasteiger partial charge on any atom is -0.481 e. The molecule has 3 heteroatoms. The summed E-state index contributed by atoms with van der Waals surface area (Å²) in [5.41, 5.74) is 1.09. The summed E-state index contributed by atoms with van der Waals surface area (Å²) < 4.78 is 0. The van der Waals surface area contributed by atoms with Crippen molar-refractivity contribution in [2.75, 3.05) is 5.75 Å². The van der Waals surface area contributed by atoms with Crippen LogP contribution < -0.4 is 0 Å². The van der Waals surface area contributed by atoms with Gasteiger partial charge in [-0.15, -0.1) is 11.8 Å². The molecule has 0 aliphatic rings. The molecule has 0 heterocycles. The highest BCUT2D eigenvalue weighted by molar-refractivity contribution is 7.99. The zero-order chi connectivity index (χ0) is 16.1. The fraction of sp³-hybridized carbons (Fsp3) is 0.150. The fourth-order valence-electron chi connectivity index (χ4n) is 2.66. The summed E-state index contributed by atoms with van der Waals surface area (Å²) in [7, 11) is 0. The first-order valence-electron chi connectivity index (χ1n) is 7.61. The molecular formula is C20H18O2S. The SMILES string of the molecule is O=C(O)CC(CSc1ccc2ccccc2c1)c1ccccc1. The first-order chi connectivity index (χ1) is 11.2. The van der Waals surface area contributed by atoms with E-state index in [4.69, 9.17) is 0 Å². The van der Waals surface area contributed by atoms with Crippen molar-refractivity contribution in [2.45, 2.75) is 17.2 Å². The summed E-state index contributed by atoms with van der Waals surface area (Å²) in [6.45, 7) is 0. The Morgan fingerprint density at radius 1 is 0.913 bits per heavy atom. The van der Waals surface area contributed by atoms with Gasteiger partial charge in [-0.3, -0.25) is 4.79 Å². The number of aliphatic carboxylic acids is 1. The topological polar surface area (TPSA) is 37.3 Å². The van der Waals surface area contributed by atoms with Crippen molar-refractivity contribution in [1.82, 2.24) is 0 Å². The van der Waals surface area contributed by atoms with E-state index in [1.807, 2.05) is 42.5 Å². The zero-order valence-corrected chi connectivity index (χ0v) is 13.5. The predicted octanol–water partition coefficient (Wildman–Crippen LogP) is 5.19. The van der Waals surface area contributed by atoms with Crippen molar-refractivity contribution in [1.29, 1.82) is 0 Å². The molecule has 0 saturated heterocycles. The number of thioether (sulfide) groups is 1. The maximum atomic E-state index is 11.2. The standard InChI is InChI=1S/C20H18O2S/c21-20(22)13-18(15-6-2-1-3-7-15)14-23-19-11-10-16-8-4-5-9-17(16)12-19/h1-12,18H,13-14H2,(H,21,22). The monoisotopic (exact) mass is 322 g/mol. The lowest BCUT2D eigenvalue weighted by molar-refractivity contribution is -0.137. The van der Waals surface area contributed by atoms with Crippen LogP contribution in [0.25, 0.3) is 10.8 Å². The van der Waals surface area contributed by atoms with Crippen LogP contribution in [0.15, 0.2) is 77.7 Å². The van der Waals surface area contributed by atoms with Gasteiger partial charge in [0.25, 0.3) is 0 Å². The van der Waals surface area contributed by atoms with E-state index in [1.165, 1.54) is 15.7 Å². The minimum absolute atomic E-state index is 0.0187. The molecule has 2 nitrogen and oxygen atoms in total. The van der Waals surface area contributed by atoms with E-state index in [2.05, 4.69) is 30.3 Å². The highest BCUT2D eigenvalue weighted by Crippen LogP contribution is 2.30. The summed E-state index contributed by atoms with van der Waals surface area (Å²) in [5.74, 6) is 0.0254. The van der Waals surface area contributed by atoms with E-state index >= 15 is 0 Å². The second kappa shape index (κ2) is 7.34. The zero-order valence-electron chi connectivity index (χ0n) is 12.7. The van der Waals surface area contributed by atoms with Crippen molar-refractivity contribution in [3.63, 3.8) is 0 Å². The molecule has 1 atom stereocenters. The lowest BCUT2D eigenvalue weighted by Gasteiger charge is -2.15. The summed E-state index contributed by atoms with van der Waals surface area (Å²) >= 11 is 1.72. The molecule has 0 amide bonds. The van der Waals surface area contributed by atoms with Crippen molar-refractivity contribution in [3.8, 4) is 0 Å². The molecule has 0 aliphatic carbocycles. The summed E-state index contributed by atoms with van der Waals surface area (Å²) in [6.07, 6.45) is 0.157. The molecule has 3 aromatic carbocycles. The van der Waals surface area contributed by atoms with Crippen LogP contribution in [0, 0.1) is 0 Å². The highest BCUT2D eigenvalue weighted by atomic mass is 32.2. The van der Waals surface area contributed by atoms with Gasteiger partial charge in [-0.05, 0) is 28.5 Å². The molecule has 0 aliphatic heterocycles. The second-order valence-electron chi connectivity index (χ2n) is 5.53. The van der Waals surface area contributed by atoms with Crippen molar-refractivity contribution in [2.24, 2.45) is 0 Å². The number of hydrogen-bond acceptors (Lipinski definition) is 2. The van der Waals surface area contributed by atoms with Crippen LogP contribution in [0.4, 0.5) is 0 Å². The average Bonchev–Trinajstić information content (AvgIpc) is 2.59. The van der Waals surface area contributed by atoms with Crippen LogP contribution in [0.3, 0.4) is 0 Å². The van der Waals surface area contributed by atoms with Crippen molar-refractivity contribution >= 4 is 28.5 Å². The number of fused-ring (bicyclic) bond motifs is 1. The molecule has 1 unspecified atom stereocenters. The Bertz CT molecular complexity index is 799. The maximum absolute atomic E-state index is 11.2. The van der Waals surface area contributed by atoms with Crippen LogP contribution in [-0.2, 0) is 4.79 Å². The van der Waals surface area contributed by atoms with E-state index in [9.17, 15) is 9.90 Å². The van der Waals surface area contributed by atoms with Crippen LogP contribution in [0.5, 0.6) is 0 Å². The normalized spacial score (nSPS) is 12.2. The van der Waals surface area contributed by atoms with Crippen molar-refractivity contribution < 1.29 is 9.90 Å². The maximum Gasteiger partial charge on any atom is 0.303 e. The van der Waals surface area contributed by atoms with Crippen LogP contribution in [0.2, 0.25) is 0 Å². The molecule has 0 saturated carbocycles. The Kier molecular flexibility index (Phi) is 4.99. The molecule has 0 spiro atoms. The van der Waals surface area contributed by atoms with Gasteiger partial charge in [0, 0.05) is 16.6 Å². The largest absolute Gasteiger partial charge is 0.481 e. The third-order valence-electron chi connectivity index (χ3n) is 3.86. The molecule has 0 aromatic heterocycles. The average molecular weight is 322 g/mol. The number of carbonyl (C=O) groups is 1. The molecule has 3 rings (SSSR count).